The quantitative estimate of drug-likeness (QED) is 0.737. The molecular weight excluding hydrogens is 368 g/mol. The summed E-state index contributed by atoms with van der Waals surface area (Å²) in [7, 11) is 0. The highest BCUT2D eigenvalue weighted by molar-refractivity contribution is 5.81. The van der Waals surface area contributed by atoms with E-state index in [1.807, 2.05) is 0 Å². The van der Waals surface area contributed by atoms with E-state index in [2.05, 4.69) is 24.3 Å². The molecule has 4 rings (SSSR count). The van der Waals surface area contributed by atoms with Crippen molar-refractivity contribution in [1.29, 1.82) is 0 Å². The summed E-state index contributed by atoms with van der Waals surface area (Å²) in [5.41, 5.74) is 8.17. The molecule has 6 heteroatoms. The van der Waals surface area contributed by atoms with Crippen LogP contribution in [0.3, 0.4) is 0 Å². The van der Waals surface area contributed by atoms with E-state index in [4.69, 9.17) is 10.5 Å². The number of benzene rings is 1. The summed E-state index contributed by atoms with van der Waals surface area (Å²) >= 11 is 0. The first-order valence-corrected chi connectivity index (χ1v) is 10.7. The van der Waals surface area contributed by atoms with Gasteiger partial charge in [-0.3, -0.25) is 4.90 Å². The van der Waals surface area contributed by atoms with Crippen molar-refractivity contribution in [2.45, 2.75) is 77.0 Å². The number of rotatable bonds is 1. The van der Waals surface area contributed by atoms with Crippen LogP contribution in [0.1, 0.15) is 70.0 Å². The zero-order chi connectivity index (χ0) is 21.2. The predicted octanol–water partition coefficient (Wildman–Crippen LogP) is 4.13. The highest BCUT2D eigenvalue weighted by Gasteiger charge is 2.50. The minimum absolute atomic E-state index is 0.106. The molecule has 4 atom stereocenters. The molecule has 1 aromatic rings. The van der Waals surface area contributed by atoms with Gasteiger partial charge < -0.3 is 15.6 Å². The number of hydrogen-bond acceptors (Lipinski definition) is 4. The van der Waals surface area contributed by atoms with Crippen molar-refractivity contribution in [2.75, 3.05) is 6.54 Å². The van der Waals surface area contributed by atoms with Crippen LogP contribution in [-0.4, -0.2) is 40.3 Å². The van der Waals surface area contributed by atoms with Gasteiger partial charge in [-0.25, -0.2) is 9.59 Å². The smallest absolute Gasteiger partial charge is 0.411 e. The number of fused-ring (bicyclic) bond motifs is 2. The average molecular weight is 403 g/mol. The van der Waals surface area contributed by atoms with E-state index in [0.29, 0.717) is 18.5 Å². The van der Waals surface area contributed by atoms with Crippen LogP contribution in [0.25, 0.3) is 0 Å². The Morgan fingerprint density at radius 3 is 2.52 bits per heavy atom. The first-order chi connectivity index (χ1) is 13.7. The van der Waals surface area contributed by atoms with E-state index in [1.54, 1.807) is 20.8 Å². The summed E-state index contributed by atoms with van der Waals surface area (Å²) < 4.78 is 5.29. The molecule has 1 aliphatic heterocycles. The molecule has 6 nitrogen and oxygen atoms in total. The van der Waals surface area contributed by atoms with Crippen molar-refractivity contribution >= 4 is 12.1 Å². The second-order valence-electron chi connectivity index (χ2n) is 9.47. The molecule has 1 saturated carbocycles. The number of nitrogens with two attached hydrogens (primary N) is 1. The van der Waals surface area contributed by atoms with Crippen molar-refractivity contribution in [3.8, 4) is 0 Å². The topological polar surface area (TPSA) is 92.9 Å². The molecule has 1 aromatic carbocycles. The maximum absolute atomic E-state index is 12.0. The number of likely N-dealkylation sites (tertiary alicyclic amines) is 1. The number of carbonyl (C=O) groups excluding carboxylic acids is 1. The Hall–Kier alpha value is -2.08. The minimum Gasteiger partial charge on any atom is -0.480 e. The fourth-order valence-corrected chi connectivity index (χ4v) is 4.92. The largest absolute Gasteiger partial charge is 0.480 e. The van der Waals surface area contributed by atoms with Crippen molar-refractivity contribution in [1.82, 2.24) is 4.90 Å². The number of aryl methyl sites for hydroxylation is 1. The highest BCUT2D eigenvalue weighted by Crippen LogP contribution is 2.42. The monoisotopic (exact) mass is 402 g/mol. The van der Waals surface area contributed by atoms with Crippen molar-refractivity contribution in [3.05, 3.63) is 35.4 Å². The lowest BCUT2D eigenvalue weighted by molar-refractivity contribution is -0.143. The van der Waals surface area contributed by atoms with Crippen LogP contribution >= 0.6 is 0 Å². The number of amides is 1. The number of ether oxygens (including phenoxy) is 1. The van der Waals surface area contributed by atoms with Gasteiger partial charge in [-0.05, 0) is 75.8 Å². The number of aliphatic carboxylic acids is 1. The SMILES string of the molecule is CC(C)(C)OC(=O)N1C[C@@H]2CCC[C@@H]2[C@H]1C(=O)O.NC1CCCc2ccccc21. The lowest BCUT2D eigenvalue weighted by atomic mass is 9.88. The van der Waals surface area contributed by atoms with Crippen LogP contribution in [0.4, 0.5) is 4.79 Å². The standard InChI is InChI=1S/C13H21NO4.C10H13N/c1-13(2,3)18-12(17)14-7-8-5-4-6-9(8)10(14)11(15)16;11-10-7-3-5-8-4-1-2-6-9(8)10/h8-10H,4-7H2,1-3H3,(H,15,16);1-2,4,6,10H,3,5,7,11H2/t8-,9-,10-;/m0./s1. The molecule has 1 amide bonds. The Bertz CT molecular complexity index is 743. The van der Waals surface area contributed by atoms with Gasteiger partial charge in [-0.2, -0.15) is 0 Å². The third-order valence-corrected chi connectivity index (χ3v) is 6.19. The van der Waals surface area contributed by atoms with Gasteiger partial charge in [0, 0.05) is 12.6 Å². The van der Waals surface area contributed by atoms with Gasteiger partial charge in [0.05, 0.1) is 0 Å². The van der Waals surface area contributed by atoms with E-state index < -0.39 is 23.7 Å². The Morgan fingerprint density at radius 1 is 1.14 bits per heavy atom. The zero-order valence-corrected chi connectivity index (χ0v) is 17.8. The molecule has 2 fully saturated rings. The highest BCUT2D eigenvalue weighted by atomic mass is 16.6. The first kappa shape index (κ1) is 21.6. The molecule has 1 heterocycles. The van der Waals surface area contributed by atoms with Crippen LogP contribution in [-0.2, 0) is 16.0 Å². The van der Waals surface area contributed by atoms with Crippen molar-refractivity contribution in [2.24, 2.45) is 17.6 Å². The summed E-state index contributed by atoms with van der Waals surface area (Å²) in [6, 6.07) is 8.10. The fourth-order valence-electron chi connectivity index (χ4n) is 4.92. The molecular formula is C23H34N2O4. The lowest BCUT2D eigenvalue weighted by Crippen LogP contribution is -2.45. The Labute approximate surface area is 173 Å². The van der Waals surface area contributed by atoms with Crippen LogP contribution in [0, 0.1) is 11.8 Å². The van der Waals surface area contributed by atoms with E-state index in [-0.39, 0.29) is 5.92 Å². The summed E-state index contributed by atoms with van der Waals surface area (Å²) in [5, 5.41) is 9.33. The molecule has 160 valence electrons. The zero-order valence-electron chi connectivity index (χ0n) is 17.8. The minimum atomic E-state index is -0.907. The van der Waals surface area contributed by atoms with Crippen molar-refractivity contribution < 1.29 is 19.4 Å². The first-order valence-electron chi connectivity index (χ1n) is 10.7. The normalized spacial score (nSPS) is 28.1. The maximum Gasteiger partial charge on any atom is 0.411 e. The van der Waals surface area contributed by atoms with Gasteiger partial charge in [0.25, 0.3) is 0 Å². The van der Waals surface area contributed by atoms with Crippen LogP contribution < -0.4 is 5.73 Å². The Morgan fingerprint density at radius 2 is 1.86 bits per heavy atom. The van der Waals surface area contributed by atoms with Gasteiger partial charge in [-0.1, -0.05) is 30.7 Å². The van der Waals surface area contributed by atoms with Crippen molar-refractivity contribution in [3.63, 3.8) is 0 Å². The molecule has 3 N–H and O–H groups in total. The molecule has 29 heavy (non-hydrogen) atoms. The summed E-state index contributed by atoms with van der Waals surface area (Å²) in [5.74, 6) is -0.469. The Kier molecular flexibility index (Phi) is 6.52. The number of carboxylic acid groups (broad SMARTS) is 1. The average Bonchev–Trinajstić information content (AvgIpc) is 3.22. The fraction of sp³-hybridized carbons (Fsp3) is 0.652. The molecule has 0 spiro atoms. The molecule has 0 aromatic heterocycles. The third-order valence-electron chi connectivity index (χ3n) is 6.19. The lowest BCUT2D eigenvalue weighted by Gasteiger charge is -2.28. The second-order valence-corrected chi connectivity index (χ2v) is 9.47. The van der Waals surface area contributed by atoms with E-state index in [1.165, 1.54) is 28.9 Å². The number of carboxylic acids is 1. The molecule has 0 radical (unpaired) electrons. The molecule has 2 aliphatic carbocycles. The van der Waals surface area contributed by atoms with E-state index in [9.17, 15) is 14.7 Å². The molecule has 3 aliphatic rings. The summed E-state index contributed by atoms with van der Waals surface area (Å²) in [4.78, 5) is 24.8. The van der Waals surface area contributed by atoms with Crippen LogP contribution in [0.2, 0.25) is 0 Å². The van der Waals surface area contributed by atoms with Crippen LogP contribution in [0.5, 0.6) is 0 Å². The Balaban J connectivity index is 0.000000186. The number of hydrogen-bond donors (Lipinski definition) is 2. The summed E-state index contributed by atoms with van der Waals surface area (Å²) in [6.45, 7) is 5.89. The number of nitrogens with zero attached hydrogens (tertiary/aromatic N) is 1. The maximum atomic E-state index is 12.0. The second kappa shape index (κ2) is 8.74. The number of carbonyl (C=O) groups is 2. The van der Waals surface area contributed by atoms with E-state index in [0.717, 1.165) is 25.7 Å². The molecule has 0 bridgehead atoms. The van der Waals surface area contributed by atoms with Crippen LogP contribution in [0.15, 0.2) is 24.3 Å². The molecule has 1 saturated heterocycles. The van der Waals surface area contributed by atoms with E-state index >= 15 is 0 Å². The van der Waals surface area contributed by atoms with Gasteiger partial charge >= 0.3 is 12.1 Å². The molecule has 1 unspecified atom stereocenters. The third kappa shape index (κ3) is 5.10. The van der Waals surface area contributed by atoms with Gasteiger partial charge in [0.2, 0.25) is 0 Å². The van der Waals surface area contributed by atoms with Gasteiger partial charge in [0.15, 0.2) is 0 Å². The van der Waals surface area contributed by atoms with Gasteiger partial charge in [0.1, 0.15) is 11.6 Å². The van der Waals surface area contributed by atoms with Gasteiger partial charge in [-0.15, -0.1) is 0 Å². The predicted molar refractivity (Wildman–Crippen MR) is 112 cm³/mol. The summed E-state index contributed by atoms with van der Waals surface area (Å²) in [6.07, 6.45) is 6.11.